The van der Waals surface area contributed by atoms with Crippen LogP contribution < -0.4 is 5.32 Å². The Hall–Kier alpha value is -1.96. The molecular weight excluding hydrogens is 364 g/mol. The molecule has 0 aliphatic carbocycles. The van der Waals surface area contributed by atoms with E-state index < -0.39 is 0 Å². The molecule has 0 spiro atoms. The molecular formula is C19H28N4O3S. The summed E-state index contributed by atoms with van der Waals surface area (Å²) in [6.07, 6.45) is 3.35. The number of nitrogens with zero attached hydrogens (tertiary/aromatic N) is 3. The zero-order chi connectivity index (χ0) is 19.4. The highest BCUT2D eigenvalue weighted by atomic mass is 32.1. The molecule has 0 unspecified atom stereocenters. The summed E-state index contributed by atoms with van der Waals surface area (Å²) in [7, 11) is 0. The van der Waals surface area contributed by atoms with E-state index in [2.05, 4.69) is 10.3 Å². The minimum atomic E-state index is -0.168. The smallest absolute Gasteiger partial charge is 0.225 e. The molecule has 1 aromatic heterocycles. The fourth-order valence-corrected chi connectivity index (χ4v) is 4.53. The fourth-order valence-electron chi connectivity index (χ4n) is 3.66. The molecule has 148 valence electrons. The first-order valence-electron chi connectivity index (χ1n) is 9.70. The number of thiazole rings is 1. The molecule has 27 heavy (non-hydrogen) atoms. The number of hydrogen-bond acceptors (Lipinski definition) is 5. The minimum Gasteiger partial charge on any atom is -0.349 e. The van der Waals surface area contributed by atoms with Gasteiger partial charge in [-0.3, -0.25) is 14.4 Å². The van der Waals surface area contributed by atoms with Crippen molar-refractivity contribution in [1.82, 2.24) is 20.1 Å². The van der Waals surface area contributed by atoms with Crippen LogP contribution in [0.15, 0.2) is 0 Å². The molecule has 3 rings (SSSR count). The van der Waals surface area contributed by atoms with Gasteiger partial charge in [-0.1, -0.05) is 0 Å². The van der Waals surface area contributed by atoms with Crippen LogP contribution in [0.4, 0.5) is 0 Å². The van der Waals surface area contributed by atoms with Crippen molar-refractivity contribution >= 4 is 29.1 Å². The third-order valence-corrected chi connectivity index (χ3v) is 6.46. The number of amides is 3. The van der Waals surface area contributed by atoms with Crippen LogP contribution in [-0.4, -0.2) is 58.7 Å². The predicted octanol–water partition coefficient (Wildman–Crippen LogP) is 1.63. The van der Waals surface area contributed by atoms with E-state index in [1.165, 1.54) is 4.88 Å². The molecule has 1 N–H and O–H groups in total. The lowest BCUT2D eigenvalue weighted by molar-refractivity contribution is -0.138. The quantitative estimate of drug-likeness (QED) is 0.765. The summed E-state index contributed by atoms with van der Waals surface area (Å²) in [5.41, 5.74) is 1.01. The number of likely N-dealkylation sites (tertiary alicyclic amines) is 2. The molecule has 3 amide bonds. The highest BCUT2D eigenvalue weighted by Crippen LogP contribution is 2.20. The molecule has 3 heterocycles. The van der Waals surface area contributed by atoms with Gasteiger partial charge in [0, 0.05) is 43.9 Å². The summed E-state index contributed by atoms with van der Waals surface area (Å²) in [5.74, 6) is 0.147. The largest absolute Gasteiger partial charge is 0.349 e. The Morgan fingerprint density at radius 3 is 2.59 bits per heavy atom. The molecule has 0 radical (unpaired) electrons. The maximum Gasteiger partial charge on any atom is 0.225 e. The molecule has 0 aromatic carbocycles. The number of aromatic nitrogens is 1. The zero-order valence-corrected chi connectivity index (χ0v) is 16.9. The van der Waals surface area contributed by atoms with E-state index in [0.717, 1.165) is 30.1 Å². The second-order valence-electron chi connectivity index (χ2n) is 7.38. The van der Waals surface area contributed by atoms with Crippen LogP contribution in [0.3, 0.4) is 0 Å². The minimum absolute atomic E-state index is 0.00673. The summed E-state index contributed by atoms with van der Waals surface area (Å²) in [6, 6.07) is 0. The van der Waals surface area contributed by atoms with Crippen molar-refractivity contribution in [1.29, 1.82) is 0 Å². The van der Waals surface area contributed by atoms with E-state index in [9.17, 15) is 14.4 Å². The van der Waals surface area contributed by atoms with Crippen molar-refractivity contribution < 1.29 is 14.4 Å². The zero-order valence-electron chi connectivity index (χ0n) is 16.1. The van der Waals surface area contributed by atoms with E-state index >= 15 is 0 Å². The Morgan fingerprint density at radius 1 is 1.19 bits per heavy atom. The van der Waals surface area contributed by atoms with E-state index in [0.29, 0.717) is 45.4 Å². The van der Waals surface area contributed by atoms with Crippen LogP contribution in [0.2, 0.25) is 0 Å². The molecule has 1 aromatic rings. The van der Waals surface area contributed by atoms with Crippen LogP contribution in [0.1, 0.15) is 47.7 Å². The molecule has 0 saturated carbocycles. The number of hydrogen-bond donors (Lipinski definition) is 1. The monoisotopic (exact) mass is 392 g/mol. The third kappa shape index (κ3) is 5.06. The van der Waals surface area contributed by atoms with Crippen LogP contribution in [0.5, 0.6) is 0 Å². The van der Waals surface area contributed by atoms with E-state index in [1.807, 2.05) is 18.7 Å². The van der Waals surface area contributed by atoms with Crippen LogP contribution in [0, 0.1) is 19.8 Å². The number of rotatable bonds is 7. The highest BCUT2D eigenvalue weighted by Gasteiger charge is 2.30. The van der Waals surface area contributed by atoms with E-state index in [4.69, 9.17) is 0 Å². The molecule has 2 aliphatic heterocycles. The summed E-state index contributed by atoms with van der Waals surface area (Å²) < 4.78 is 0. The normalized spacial score (nSPS) is 20.4. The second-order valence-corrected chi connectivity index (χ2v) is 8.67. The Balaban J connectivity index is 1.44. The van der Waals surface area contributed by atoms with E-state index in [-0.39, 0.29) is 23.6 Å². The Morgan fingerprint density at radius 2 is 1.93 bits per heavy atom. The number of carbonyl (C=O) groups is 3. The maximum atomic E-state index is 12.5. The molecule has 7 nitrogen and oxygen atoms in total. The van der Waals surface area contributed by atoms with Gasteiger partial charge in [0.05, 0.1) is 18.2 Å². The van der Waals surface area contributed by atoms with Gasteiger partial charge in [-0.25, -0.2) is 4.98 Å². The number of carbonyl (C=O) groups excluding carboxylic acids is 3. The van der Waals surface area contributed by atoms with Gasteiger partial charge >= 0.3 is 0 Å². The van der Waals surface area contributed by atoms with Crippen LogP contribution in [-0.2, 0) is 20.9 Å². The summed E-state index contributed by atoms with van der Waals surface area (Å²) in [4.78, 5) is 45.6. The van der Waals surface area contributed by atoms with Crippen molar-refractivity contribution in [3.8, 4) is 0 Å². The second kappa shape index (κ2) is 8.82. The van der Waals surface area contributed by atoms with E-state index in [1.54, 1.807) is 16.2 Å². The van der Waals surface area contributed by atoms with Crippen molar-refractivity contribution in [2.75, 3.05) is 26.2 Å². The first kappa shape index (κ1) is 19.8. The Labute approximate surface area is 164 Å². The molecule has 2 saturated heterocycles. The van der Waals surface area contributed by atoms with Gasteiger partial charge in [-0.05, 0) is 33.1 Å². The summed E-state index contributed by atoms with van der Waals surface area (Å²) in [6.45, 7) is 7.04. The van der Waals surface area contributed by atoms with Crippen LogP contribution >= 0.6 is 11.3 Å². The summed E-state index contributed by atoms with van der Waals surface area (Å²) in [5, 5.41) is 3.88. The third-order valence-electron chi connectivity index (χ3n) is 5.39. The lowest BCUT2D eigenvalue weighted by Gasteiger charge is -2.32. The van der Waals surface area contributed by atoms with Crippen LogP contribution in [0.25, 0.3) is 0 Å². The lowest BCUT2D eigenvalue weighted by Crippen LogP contribution is -2.46. The number of piperidine rings is 1. The molecule has 1 atom stereocenters. The molecule has 2 fully saturated rings. The average Bonchev–Trinajstić information content (AvgIpc) is 3.19. The molecule has 0 bridgehead atoms. The lowest BCUT2D eigenvalue weighted by atomic mass is 9.96. The van der Waals surface area contributed by atoms with Gasteiger partial charge in [0.1, 0.15) is 5.01 Å². The van der Waals surface area contributed by atoms with Gasteiger partial charge in [0.25, 0.3) is 0 Å². The first-order valence-corrected chi connectivity index (χ1v) is 10.5. The van der Waals surface area contributed by atoms with Crippen molar-refractivity contribution in [3.05, 3.63) is 15.6 Å². The Bertz CT molecular complexity index is 698. The number of nitrogens with one attached hydrogen (secondary N) is 1. The Kier molecular flexibility index (Phi) is 6.46. The van der Waals surface area contributed by atoms with Gasteiger partial charge in [0.15, 0.2) is 0 Å². The summed E-state index contributed by atoms with van der Waals surface area (Å²) >= 11 is 1.60. The van der Waals surface area contributed by atoms with Crippen molar-refractivity contribution in [3.63, 3.8) is 0 Å². The van der Waals surface area contributed by atoms with Gasteiger partial charge < -0.3 is 15.1 Å². The molecule has 8 heteroatoms. The standard InChI is InChI=1S/C19H28N4O3S/c1-13-14(2)27-16(21-13)11-20-19(26)15-6-7-18(25)23(12-15)10-4-9-22-8-3-5-17(22)24/h15H,3-12H2,1-2H3,(H,20,26)/t15-/m1/s1. The van der Waals surface area contributed by atoms with Gasteiger partial charge in [-0.2, -0.15) is 0 Å². The van der Waals surface area contributed by atoms with Gasteiger partial charge in [-0.15, -0.1) is 11.3 Å². The van der Waals surface area contributed by atoms with Gasteiger partial charge in [0.2, 0.25) is 17.7 Å². The number of aryl methyl sites for hydroxylation is 2. The molecule has 2 aliphatic rings. The highest BCUT2D eigenvalue weighted by molar-refractivity contribution is 7.11. The topological polar surface area (TPSA) is 82.6 Å². The first-order chi connectivity index (χ1) is 12.9. The maximum absolute atomic E-state index is 12.5. The fraction of sp³-hybridized carbons (Fsp3) is 0.684. The predicted molar refractivity (Wildman–Crippen MR) is 103 cm³/mol. The average molecular weight is 393 g/mol. The van der Waals surface area contributed by atoms with Crippen molar-refractivity contribution in [2.45, 2.75) is 52.5 Å². The SMILES string of the molecule is Cc1nc(CNC(=O)[C@@H]2CCC(=O)N(CCCN3CCCC3=O)C2)sc1C. The van der Waals surface area contributed by atoms with Crippen molar-refractivity contribution in [2.24, 2.45) is 5.92 Å².